The van der Waals surface area contributed by atoms with Gasteiger partial charge in [-0.15, -0.1) is 13.2 Å². The van der Waals surface area contributed by atoms with E-state index in [0.717, 1.165) is 24.3 Å². The highest BCUT2D eigenvalue weighted by Gasteiger charge is 2.31. The fourth-order valence-corrected chi connectivity index (χ4v) is 1.36. The Balaban J connectivity index is 2.88. The van der Waals surface area contributed by atoms with Crippen LogP contribution in [0.4, 0.5) is 18.9 Å². The number of carbonyl (C=O) groups is 1. The van der Waals surface area contributed by atoms with E-state index >= 15 is 0 Å². The molecule has 0 aliphatic carbocycles. The Kier molecular flexibility index (Phi) is 5.18. The van der Waals surface area contributed by atoms with Crippen molar-refractivity contribution in [2.45, 2.75) is 13.3 Å². The number of aliphatic hydroxyl groups excluding tert-OH is 1. The van der Waals surface area contributed by atoms with Gasteiger partial charge in [0.1, 0.15) is 17.6 Å². The summed E-state index contributed by atoms with van der Waals surface area (Å²) in [6, 6.07) is 5.84. The second-order valence-electron chi connectivity index (χ2n) is 4.14. The lowest BCUT2D eigenvalue weighted by atomic mass is 10.1. The first kappa shape index (κ1) is 17.1. The van der Waals surface area contributed by atoms with Crippen LogP contribution < -0.4 is 10.1 Å². The van der Waals surface area contributed by atoms with Crippen LogP contribution in [0.25, 0.3) is 0 Å². The third kappa shape index (κ3) is 4.86. The molecule has 0 saturated carbocycles. The molecular formula is C14H11F3N2O3. The zero-order chi connectivity index (χ0) is 16.9. The van der Waals surface area contributed by atoms with Gasteiger partial charge in [0.15, 0.2) is 5.57 Å². The van der Waals surface area contributed by atoms with Gasteiger partial charge in [0.05, 0.1) is 0 Å². The number of halogens is 3. The highest BCUT2D eigenvalue weighted by molar-refractivity contribution is 6.07. The minimum Gasteiger partial charge on any atom is -0.506 e. The van der Waals surface area contributed by atoms with Gasteiger partial charge in [-0.2, -0.15) is 5.26 Å². The maximum absolute atomic E-state index is 12.0. The first-order chi connectivity index (χ1) is 10.1. The molecule has 22 heavy (non-hydrogen) atoms. The van der Waals surface area contributed by atoms with Gasteiger partial charge in [-0.1, -0.05) is 6.58 Å². The normalized spacial score (nSPS) is 12.0. The van der Waals surface area contributed by atoms with Crippen molar-refractivity contribution in [1.82, 2.24) is 0 Å². The number of anilines is 1. The van der Waals surface area contributed by atoms with Crippen molar-refractivity contribution in [3.8, 4) is 11.8 Å². The van der Waals surface area contributed by atoms with Crippen molar-refractivity contribution in [2.24, 2.45) is 0 Å². The Hall–Kier alpha value is -2.95. The Morgan fingerprint density at radius 2 is 1.91 bits per heavy atom. The second-order valence-corrected chi connectivity index (χ2v) is 4.14. The number of carbonyl (C=O) groups excluding carboxylic acids is 1. The number of hydrogen-bond donors (Lipinski definition) is 2. The van der Waals surface area contributed by atoms with Gasteiger partial charge in [0.25, 0.3) is 5.91 Å². The fraction of sp³-hybridized carbons (Fsp3) is 0.143. The first-order valence-electron chi connectivity index (χ1n) is 5.80. The van der Waals surface area contributed by atoms with Crippen LogP contribution in [0.5, 0.6) is 5.75 Å². The van der Waals surface area contributed by atoms with Crippen molar-refractivity contribution in [1.29, 1.82) is 5.26 Å². The van der Waals surface area contributed by atoms with E-state index in [1.165, 1.54) is 13.0 Å². The van der Waals surface area contributed by atoms with E-state index in [9.17, 15) is 23.1 Å². The van der Waals surface area contributed by atoms with Crippen LogP contribution in [0, 0.1) is 11.3 Å². The number of aliphatic hydroxyl groups is 1. The molecule has 0 aliphatic heterocycles. The maximum Gasteiger partial charge on any atom is 0.573 e. The topological polar surface area (TPSA) is 82.3 Å². The third-order valence-corrected chi connectivity index (χ3v) is 2.33. The smallest absolute Gasteiger partial charge is 0.506 e. The molecule has 1 aromatic carbocycles. The summed E-state index contributed by atoms with van der Waals surface area (Å²) in [5.74, 6) is -1.92. The quantitative estimate of drug-likeness (QED) is 0.386. The van der Waals surface area contributed by atoms with Gasteiger partial charge >= 0.3 is 6.36 Å². The Morgan fingerprint density at radius 3 is 2.32 bits per heavy atom. The predicted molar refractivity (Wildman–Crippen MR) is 71.8 cm³/mol. The molecule has 1 amide bonds. The number of benzene rings is 1. The number of hydrogen-bond acceptors (Lipinski definition) is 4. The molecule has 116 valence electrons. The number of rotatable bonds is 4. The molecule has 0 aliphatic rings. The summed E-state index contributed by atoms with van der Waals surface area (Å²) < 4.78 is 39.7. The zero-order valence-corrected chi connectivity index (χ0v) is 11.4. The highest BCUT2D eigenvalue weighted by atomic mass is 19.4. The van der Waals surface area contributed by atoms with E-state index < -0.39 is 29.4 Å². The molecule has 5 nitrogen and oxygen atoms in total. The predicted octanol–water partition coefficient (Wildman–Crippen LogP) is 3.44. The minimum atomic E-state index is -4.81. The molecular weight excluding hydrogens is 301 g/mol. The van der Waals surface area contributed by atoms with Gasteiger partial charge in [0.2, 0.25) is 0 Å². The average molecular weight is 312 g/mol. The Labute approximate surface area is 123 Å². The molecule has 0 radical (unpaired) electrons. The lowest BCUT2D eigenvalue weighted by Crippen LogP contribution is -2.17. The molecule has 8 heteroatoms. The van der Waals surface area contributed by atoms with E-state index in [1.54, 1.807) is 0 Å². The maximum atomic E-state index is 12.0. The van der Waals surface area contributed by atoms with Crippen molar-refractivity contribution in [2.75, 3.05) is 5.32 Å². The average Bonchev–Trinajstić information content (AvgIpc) is 2.40. The number of alkyl halides is 3. The molecule has 2 N–H and O–H groups in total. The molecule has 0 atom stereocenters. The SMILES string of the molecule is C=C(C)C(O)=C(C#N)C(=O)Nc1ccc(OC(F)(F)F)cc1. The van der Waals surface area contributed by atoms with E-state index in [1.807, 2.05) is 0 Å². The van der Waals surface area contributed by atoms with Gasteiger partial charge in [-0.05, 0) is 36.8 Å². The standard InChI is InChI=1S/C14H11F3N2O3/c1-8(2)12(20)11(7-18)13(21)19-9-3-5-10(6-4-9)22-14(15,16)17/h3-6,20H,1H2,2H3,(H,19,21). The molecule has 0 unspecified atom stereocenters. The van der Waals surface area contributed by atoms with Crippen LogP contribution in [-0.2, 0) is 4.79 Å². The van der Waals surface area contributed by atoms with Crippen LogP contribution in [0.1, 0.15) is 6.92 Å². The lowest BCUT2D eigenvalue weighted by molar-refractivity contribution is -0.274. The van der Waals surface area contributed by atoms with Crippen molar-refractivity contribution < 1.29 is 27.8 Å². The number of amides is 1. The molecule has 0 bridgehead atoms. The molecule has 1 aromatic rings. The van der Waals surface area contributed by atoms with Crippen LogP contribution >= 0.6 is 0 Å². The van der Waals surface area contributed by atoms with Crippen LogP contribution in [0.3, 0.4) is 0 Å². The number of allylic oxidation sites excluding steroid dienone is 1. The third-order valence-electron chi connectivity index (χ3n) is 2.33. The molecule has 0 spiro atoms. The van der Waals surface area contributed by atoms with E-state index in [0.29, 0.717) is 0 Å². The Bertz CT molecular complexity index is 655. The summed E-state index contributed by atoms with van der Waals surface area (Å²) in [5.41, 5.74) is -0.300. The van der Waals surface area contributed by atoms with Gasteiger partial charge in [0, 0.05) is 5.69 Å². The number of nitriles is 1. The number of nitrogens with zero attached hydrogens (tertiary/aromatic N) is 1. The summed E-state index contributed by atoms with van der Waals surface area (Å²) in [6.45, 7) is 4.80. The molecule has 0 saturated heterocycles. The van der Waals surface area contributed by atoms with Crippen LogP contribution in [0.15, 0.2) is 47.7 Å². The van der Waals surface area contributed by atoms with Crippen LogP contribution in [0.2, 0.25) is 0 Å². The zero-order valence-electron chi connectivity index (χ0n) is 11.4. The highest BCUT2D eigenvalue weighted by Crippen LogP contribution is 2.24. The second kappa shape index (κ2) is 6.67. The van der Waals surface area contributed by atoms with E-state index in [2.05, 4.69) is 16.6 Å². The largest absolute Gasteiger partial charge is 0.573 e. The van der Waals surface area contributed by atoms with Crippen molar-refractivity contribution in [3.63, 3.8) is 0 Å². The summed E-state index contributed by atoms with van der Waals surface area (Å²) in [5, 5.41) is 20.7. The summed E-state index contributed by atoms with van der Waals surface area (Å²) in [7, 11) is 0. The Morgan fingerprint density at radius 1 is 1.36 bits per heavy atom. The first-order valence-corrected chi connectivity index (χ1v) is 5.80. The minimum absolute atomic E-state index is 0.126. The number of nitrogens with one attached hydrogen (secondary N) is 1. The fourth-order valence-electron chi connectivity index (χ4n) is 1.36. The molecule has 0 heterocycles. The van der Waals surface area contributed by atoms with Crippen LogP contribution in [-0.4, -0.2) is 17.4 Å². The monoisotopic (exact) mass is 312 g/mol. The summed E-state index contributed by atoms with van der Waals surface area (Å²) in [6.07, 6.45) is -4.81. The summed E-state index contributed by atoms with van der Waals surface area (Å²) in [4.78, 5) is 11.8. The molecule has 0 aromatic heterocycles. The lowest BCUT2D eigenvalue weighted by Gasteiger charge is -2.10. The van der Waals surface area contributed by atoms with E-state index in [4.69, 9.17) is 5.26 Å². The van der Waals surface area contributed by atoms with Crippen molar-refractivity contribution >= 4 is 11.6 Å². The van der Waals surface area contributed by atoms with E-state index in [-0.39, 0.29) is 11.3 Å². The molecule has 0 fully saturated rings. The summed E-state index contributed by atoms with van der Waals surface area (Å²) >= 11 is 0. The number of ether oxygens (including phenoxy) is 1. The van der Waals surface area contributed by atoms with Gasteiger partial charge < -0.3 is 15.2 Å². The van der Waals surface area contributed by atoms with Gasteiger partial charge in [-0.25, -0.2) is 0 Å². The van der Waals surface area contributed by atoms with Gasteiger partial charge in [-0.3, -0.25) is 4.79 Å². The van der Waals surface area contributed by atoms with Crippen molar-refractivity contribution in [3.05, 3.63) is 47.7 Å². The molecule has 1 rings (SSSR count).